The highest BCUT2D eigenvalue weighted by molar-refractivity contribution is 5.77. The minimum atomic E-state index is 0.369. The first-order valence-corrected chi connectivity index (χ1v) is 6.23. The number of fused-ring (bicyclic) bond motifs is 1. The molecule has 1 unspecified atom stereocenters. The van der Waals surface area contributed by atoms with Crippen LogP contribution in [0, 0.1) is 6.92 Å². The topological polar surface area (TPSA) is 59.3 Å². The van der Waals surface area contributed by atoms with Gasteiger partial charge in [-0.2, -0.15) is 0 Å². The minimum Gasteiger partial charge on any atom is -0.441 e. The van der Waals surface area contributed by atoms with Crippen molar-refractivity contribution >= 4 is 16.8 Å². The molecule has 1 atom stereocenters. The highest BCUT2D eigenvalue weighted by atomic mass is 16.5. The molecule has 3 rings (SSSR count). The van der Waals surface area contributed by atoms with Gasteiger partial charge in [-0.25, -0.2) is 4.98 Å². The molecule has 1 saturated heterocycles. The number of ether oxygens (including phenoxy) is 1. The third kappa shape index (κ3) is 2.47. The van der Waals surface area contributed by atoms with Crippen molar-refractivity contribution in [1.29, 1.82) is 0 Å². The zero-order chi connectivity index (χ0) is 12.4. The second-order valence-electron chi connectivity index (χ2n) is 4.52. The molecule has 96 valence electrons. The maximum absolute atomic E-state index is 5.45. The first-order valence-electron chi connectivity index (χ1n) is 6.23. The molecule has 0 aliphatic carbocycles. The van der Waals surface area contributed by atoms with Crippen LogP contribution in [0.5, 0.6) is 0 Å². The van der Waals surface area contributed by atoms with Crippen LogP contribution >= 0.6 is 0 Å². The first kappa shape index (κ1) is 11.5. The number of morpholine rings is 1. The Morgan fingerprint density at radius 3 is 3.28 bits per heavy atom. The second-order valence-corrected chi connectivity index (χ2v) is 4.52. The van der Waals surface area contributed by atoms with Crippen molar-refractivity contribution in [3.05, 3.63) is 24.1 Å². The molecule has 1 aromatic carbocycles. The Hall–Kier alpha value is -1.59. The number of rotatable bonds is 3. The summed E-state index contributed by atoms with van der Waals surface area (Å²) in [6.45, 7) is 5.20. The number of anilines is 1. The molecule has 1 aliphatic heterocycles. The molecule has 0 amide bonds. The van der Waals surface area contributed by atoms with Crippen molar-refractivity contribution in [2.24, 2.45) is 0 Å². The van der Waals surface area contributed by atoms with Crippen LogP contribution in [-0.2, 0) is 4.74 Å². The van der Waals surface area contributed by atoms with Crippen LogP contribution in [0.1, 0.15) is 5.89 Å². The monoisotopic (exact) mass is 247 g/mol. The normalized spacial score (nSPS) is 20.2. The lowest BCUT2D eigenvalue weighted by molar-refractivity contribution is 0.0806. The molecular weight excluding hydrogens is 230 g/mol. The number of hydrogen-bond acceptors (Lipinski definition) is 5. The van der Waals surface area contributed by atoms with Gasteiger partial charge in [-0.15, -0.1) is 0 Å². The van der Waals surface area contributed by atoms with Crippen LogP contribution in [0.4, 0.5) is 5.69 Å². The molecule has 1 aliphatic rings. The maximum atomic E-state index is 5.45. The average Bonchev–Trinajstić information content (AvgIpc) is 2.77. The van der Waals surface area contributed by atoms with Crippen LogP contribution < -0.4 is 10.6 Å². The molecule has 5 nitrogen and oxygen atoms in total. The summed E-state index contributed by atoms with van der Waals surface area (Å²) in [5.74, 6) is 0.699. The summed E-state index contributed by atoms with van der Waals surface area (Å²) in [7, 11) is 0. The SMILES string of the molecule is Cc1nc2cc(NCC3COCCN3)ccc2o1. The van der Waals surface area contributed by atoms with E-state index in [1.165, 1.54) is 0 Å². The molecule has 2 heterocycles. The van der Waals surface area contributed by atoms with Gasteiger partial charge < -0.3 is 19.8 Å². The largest absolute Gasteiger partial charge is 0.441 e. The van der Waals surface area contributed by atoms with Crippen LogP contribution in [-0.4, -0.2) is 37.3 Å². The van der Waals surface area contributed by atoms with Gasteiger partial charge in [-0.3, -0.25) is 0 Å². The fourth-order valence-corrected chi connectivity index (χ4v) is 2.14. The number of hydrogen-bond donors (Lipinski definition) is 2. The Bertz CT molecular complexity index is 532. The maximum Gasteiger partial charge on any atom is 0.192 e. The van der Waals surface area contributed by atoms with Crippen LogP contribution in [0.25, 0.3) is 11.1 Å². The Labute approximate surface area is 106 Å². The van der Waals surface area contributed by atoms with E-state index in [0.717, 1.165) is 43.1 Å². The Balaban J connectivity index is 1.66. The van der Waals surface area contributed by atoms with E-state index in [4.69, 9.17) is 9.15 Å². The number of nitrogens with zero attached hydrogens (tertiary/aromatic N) is 1. The zero-order valence-electron chi connectivity index (χ0n) is 10.4. The van der Waals surface area contributed by atoms with E-state index >= 15 is 0 Å². The van der Waals surface area contributed by atoms with Gasteiger partial charge in [-0.1, -0.05) is 0 Å². The van der Waals surface area contributed by atoms with E-state index in [9.17, 15) is 0 Å². The van der Waals surface area contributed by atoms with Crippen LogP contribution in [0.3, 0.4) is 0 Å². The molecule has 0 bridgehead atoms. The number of oxazole rings is 1. The lowest BCUT2D eigenvalue weighted by atomic mass is 10.2. The summed E-state index contributed by atoms with van der Waals surface area (Å²) >= 11 is 0. The molecular formula is C13H17N3O2. The number of benzene rings is 1. The smallest absolute Gasteiger partial charge is 0.192 e. The van der Waals surface area contributed by atoms with E-state index < -0.39 is 0 Å². The van der Waals surface area contributed by atoms with Crippen molar-refractivity contribution in [3.63, 3.8) is 0 Å². The van der Waals surface area contributed by atoms with E-state index in [1.807, 2.05) is 25.1 Å². The van der Waals surface area contributed by atoms with E-state index in [2.05, 4.69) is 15.6 Å². The van der Waals surface area contributed by atoms with Crippen molar-refractivity contribution < 1.29 is 9.15 Å². The van der Waals surface area contributed by atoms with Gasteiger partial charge in [0.15, 0.2) is 11.5 Å². The molecule has 2 N–H and O–H groups in total. The van der Waals surface area contributed by atoms with Gasteiger partial charge in [0.2, 0.25) is 0 Å². The summed E-state index contributed by atoms with van der Waals surface area (Å²) in [6, 6.07) is 6.34. The molecule has 0 spiro atoms. The fraction of sp³-hybridized carbons (Fsp3) is 0.462. The highest BCUT2D eigenvalue weighted by Crippen LogP contribution is 2.19. The lowest BCUT2D eigenvalue weighted by Gasteiger charge is -2.24. The summed E-state index contributed by atoms with van der Waals surface area (Å²) in [5.41, 5.74) is 2.78. The van der Waals surface area contributed by atoms with Crippen LogP contribution in [0.2, 0.25) is 0 Å². The predicted octanol–water partition coefficient (Wildman–Crippen LogP) is 1.54. The van der Waals surface area contributed by atoms with Gasteiger partial charge in [-0.05, 0) is 18.2 Å². The minimum absolute atomic E-state index is 0.369. The van der Waals surface area contributed by atoms with Gasteiger partial charge in [0.05, 0.1) is 13.2 Å². The van der Waals surface area contributed by atoms with Crippen molar-refractivity contribution in [2.75, 3.05) is 31.6 Å². The van der Waals surface area contributed by atoms with Crippen LogP contribution in [0.15, 0.2) is 22.6 Å². The second kappa shape index (κ2) is 4.96. The van der Waals surface area contributed by atoms with Gasteiger partial charge in [0, 0.05) is 31.7 Å². The Kier molecular flexibility index (Phi) is 3.17. The summed E-state index contributed by atoms with van der Waals surface area (Å²) in [4.78, 5) is 4.32. The van der Waals surface area contributed by atoms with Gasteiger partial charge in [0.25, 0.3) is 0 Å². The molecule has 1 aromatic heterocycles. The zero-order valence-corrected chi connectivity index (χ0v) is 10.4. The van der Waals surface area contributed by atoms with Gasteiger partial charge >= 0.3 is 0 Å². The fourth-order valence-electron chi connectivity index (χ4n) is 2.14. The number of aryl methyl sites for hydroxylation is 1. The quantitative estimate of drug-likeness (QED) is 0.861. The molecule has 0 radical (unpaired) electrons. The third-order valence-corrected chi connectivity index (χ3v) is 3.05. The van der Waals surface area contributed by atoms with Crippen molar-refractivity contribution in [1.82, 2.24) is 10.3 Å². The standard InChI is InChI=1S/C13H17N3O2/c1-9-16-12-6-10(2-3-13(12)18-9)15-7-11-8-17-5-4-14-11/h2-3,6,11,14-15H,4-5,7-8H2,1H3. The Morgan fingerprint density at radius 1 is 1.50 bits per heavy atom. The molecule has 0 saturated carbocycles. The van der Waals surface area contributed by atoms with E-state index in [0.29, 0.717) is 11.9 Å². The summed E-state index contributed by atoms with van der Waals surface area (Å²) < 4.78 is 10.9. The summed E-state index contributed by atoms with van der Waals surface area (Å²) in [5, 5.41) is 6.80. The summed E-state index contributed by atoms with van der Waals surface area (Å²) in [6.07, 6.45) is 0. The van der Waals surface area contributed by atoms with Crippen molar-refractivity contribution in [2.45, 2.75) is 13.0 Å². The number of aromatic nitrogens is 1. The van der Waals surface area contributed by atoms with E-state index in [1.54, 1.807) is 0 Å². The lowest BCUT2D eigenvalue weighted by Crippen LogP contribution is -2.45. The Morgan fingerprint density at radius 2 is 2.44 bits per heavy atom. The van der Waals surface area contributed by atoms with E-state index in [-0.39, 0.29) is 0 Å². The molecule has 2 aromatic rings. The molecule has 18 heavy (non-hydrogen) atoms. The molecule has 1 fully saturated rings. The highest BCUT2D eigenvalue weighted by Gasteiger charge is 2.12. The van der Waals surface area contributed by atoms with Gasteiger partial charge in [0.1, 0.15) is 5.52 Å². The predicted molar refractivity (Wildman–Crippen MR) is 69.8 cm³/mol. The average molecular weight is 247 g/mol. The van der Waals surface area contributed by atoms with Crippen molar-refractivity contribution in [3.8, 4) is 0 Å². The molecule has 5 heteroatoms. The first-order chi connectivity index (χ1) is 8.81. The number of nitrogens with one attached hydrogen (secondary N) is 2. The third-order valence-electron chi connectivity index (χ3n) is 3.05.